The van der Waals surface area contributed by atoms with Gasteiger partial charge in [0.2, 0.25) is 0 Å². The number of fused-ring (bicyclic) bond motifs is 3. The number of sulfonamides is 1. The molecule has 176 valence electrons. The third-order valence-corrected chi connectivity index (χ3v) is 7.69. The highest BCUT2D eigenvalue weighted by molar-refractivity contribution is 7.92. The van der Waals surface area contributed by atoms with Gasteiger partial charge in [-0.25, -0.2) is 12.8 Å². The first-order valence-corrected chi connectivity index (χ1v) is 12.1. The Hall–Kier alpha value is -3.33. The van der Waals surface area contributed by atoms with Crippen molar-refractivity contribution in [1.82, 2.24) is 0 Å². The number of allylic oxidation sites excluding steroid dienone is 2. The van der Waals surface area contributed by atoms with Crippen LogP contribution in [0.25, 0.3) is 0 Å². The quantitative estimate of drug-likeness (QED) is 0.327. The number of hydrogen-bond donors (Lipinski definition) is 2. The number of hydrogen-bond acceptors (Lipinski definition) is 3. The molecule has 2 aliphatic rings. The van der Waals surface area contributed by atoms with E-state index < -0.39 is 21.8 Å². The summed E-state index contributed by atoms with van der Waals surface area (Å²) in [4.78, 5) is -0.0373. The van der Waals surface area contributed by atoms with Gasteiger partial charge >= 0.3 is 6.18 Å². The SMILES string of the molecule is O=S(=O)(Nc1cccc(C(F)(F)F)c1)c1ccc2c(c1)[C@@H]1C=CC[C@H]1[C@@H](c1ccc(F)cc1)N2. The first-order chi connectivity index (χ1) is 16.1. The van der Waals surface area contributed by atoms with Gasteiger partial charge in [0.25, 0.3) is 10.0 Å². The molecule has 4 nitrogen and oxygen atoms in total. The summed E-state index contributed by atoms with van der Waals surface area (Å²) in [7, 11) is -4.12. The van der Waals surface area contributed by atoms with Gasteiger partial charge in [-0.15, -0.1) is 0 Å². The van der Waals surface area contributed by atoms with Crippen molar-refractivity contribution < 1.29 is 26.0 Å². The molecular weight excluding hydrogens is 468 g/mol. The van der Waals surface area contributed by atoms with Crippen molar-refractivity contribution in [1.29, 1.82) is 0 Å². The molecule has 0 aromatic heterocycles. The van der Waals surface area contributed by atoms with E-state index in [1.165, 1.54) is 24.3 Å². The molecule has 0 saturated heterocycles. The summed E-state index contributed by atoms with van der Waals surface area (Å²) >= 11 is 0. The third-order valence-electron chi connectivity index (χ3n) is 6.32. The Morgan fingerprint density at radius 2 is 1.74 bits per heavy atom. The lowest BCUT2D eigenvalue weighted by Gasteiger charge is -2.37. The molecule has 3 aromatic carbocycles. The highest BCUT2D eigenvalue weighted by Gasteiger charge is 2.38. The van der Waals surface area contributed by atoms with Crippen LogP contribution in [0.15, 0.2) is 83.8 Å². The van der Waals surface area contributed by atoms with E-state index in [1.54, 1.807) is 24.3 Å². The average Bonchev–Trinajstić information content (AvgIpc) is 3.28. The van der Waals surface area contributed by atoms with E-state index in [2.05, 4.69) is 10.0 Å². The van der Waals surface area contributed by atoms with Crippen molar-refractivity contribution in [2.45, 2.75) is 29.5 Å². The highest BCUT2D eigenvalue weighted by Crippen LogP contribution is 2.50. The molecule has 1 heterocycles. The second kappa shape index (κ2) is 8.16. The standard InChI is InChI=1S/C25H20F4N2O2S/c26-17-9-7-15(8-10-17)24-21-6-2-5-20(21)22-14-19(11-12-23(22)30-24)34(32,33)31-18-4-1-3-16(13-18)25(27,28)29/h1-5,7-14,20-21,24,30-31H,6H2/t20-,21-,24-/m1/s1. The van der Waals surface area contributed by atoms with Gasteiger partial charge < -0.3 is 5.32 Å². The largest absolute Gasteiger partial charge is 0.416 e. The second-order valence-corrected chi connectivity index (χ2v) is 10.1. The van der Waals surface area contributed by atoms with E-state index in [-0.39, 0.29) is 34.3 Å². The first-order valence-electron chi connectivity index (χ1n) is 10.6. The molecule has 3 atom stereocenters. The summed E-state index contributed by atoms with van der Waals surface area (Å²) in [5, 5.41) is 3.45. The van der Waals surface area contributed by atoms with Crippen molar-refractivity contribution in [2.75, 3.05) is 10.0 Å². The predicted octanol–water partition coefficient (Wildman–Crippen LogP) is 6.47. The third kappa shape index (κ3) is 4.16. The number of benzene rings is 3. The lowest BCUT2D eigenvalue weighted by Crippen LogP contribution is -2.29. The molecule has 34 heavy (non-hydrogen) atoms. The average molecular weight is 489 g/mol. The molecule has 0 saturated carbocycles. The summed E-state index contributed by atoms with van der Waals surface area (Å²) in [6, 6.07) is 15.0. The Bertz CT molecular complexity index is 1370. The molecule has 3 aromatic rings. The molecule has 9 heteroatoms. The minimum Gasteiger partial charge on any atom is -0.378 e. The van der Waals surface area contributed by atoms with Gasteiger partial charge in [-0.2, -0.15) is 13.2 Å². The molecule has 0 fully saturated rings. The van der Waals surface area contributed by atoms with E-state index in [4.69, 9.17) is 0 Å². The van der Waals surface area contributed by atoms with Crippen LogP contribution in [0.1, 0.15) is 35.1 Å². The fraction of sp³-hybridized carbons (Fsp3) is 0.200. The van der Waals surface area contributed by atoms with Crippen molar-refractivity contribution >= 4 is 21.4 Å². The number of rotatable bonds is 4. The van der Waals surface area contributed by atoms with E-state index in [0.717, 1.165) is 41.4 Å². The molecule has 0 radical (unpaired) electrons. The van der Waals surface area contributed by atoms with Gasteiger partial charge in [0.05, 0.1) is 16.5 Å². The Balaban J connectivity index is 1.46. The lowest BCUT2D eigenvalue weighted by atomic mass is 9.77. The predicted molar refractivity (Wildman–Crippen MR) is 121 cm³/mol. The van der Waals surface area contributed by atoms with Gasteiger partial charge in [-0.3, -0.25) is 4.72 Å². The van der Waals surface area contributed by atoms with E-state index in [1.807, 2.05) is 12.2 Å². The zero-order valence-electron chi connectivity index (χ0n) is 17.7. The monoisotopic (exact) mass is 488 g/mol. The topological polar surface area (TPSA) is 58.2 Å². The van der Waals surface area contributed by atoms with Crippen molar-refractivity contribution in [3.63, 3.8) is 0 Å². The first kappa shape index (κ1) is 22.5. The van der Waals surface area contributed by atoms with Crippen LogP contribution < -0.4 is 10.0 Å². The van der Waals surface area contributed by atoms with Crippen LogP contribution in [0.4, 0.5) is 28.9 Å². The van der Waals surface area contributed by atoms with Crippen molar-refractivity contribution in [3.8, 4) is 0 Å². The lowest BCUT2D eigenvalue weighted by molar-refractivity contribution is -0.137. The Labute approximate surface area is 194 Å². The molecule has 0 amide bonds. The van der Waals surface area contributed by atoms with Crippen LogP contribution in [0.2, 0.25) is 0 Å². The molecule has 5 rings (SSSR count). The minimum atomic E-state index is -4.58. The number of nitrogens with one attached hydrogen (secondary N) is 2. The molecule has 2 N–H and O–H groups in total. The van der Waals surface area contributed by atoms with Gasteiger partial charge in [0, 0.05) is 17.3 Å². The van der Waals surface area contributed by atoms with Crippen molar-refractivity contribution in [2.24, 2.45) is 5.92 Å². The zero-order valence-corrected chi connectivity index (χ0v) is 18.5. The van der Waals surface area contributed by atoms with Crippen LogP contribution in [-0.4, -0.2) is 8.42 Å². The van der Waals surface area contributed by atoms with Gasteiger partial charge in [0.1, 0.15) is 5.82 Å². The normalized spacial score (nSPS) is 21.5. The Kier molecular flexibility index (Phi) is 5.39. The Morgan fingerprint density at radius 1 is 0.971 bits per heavy atom. The fourth-order valence-corrected chi connectivity index (χ4v) is 5.80. The summed E-state index contributed by atoms with van der Waals surface area (Å²) in [5.74, 6) is -0.244. The number of alkyl halides is 3. The number of halogens is 4. The summed E-state index contributed by atoms with van der Waals surface area (Å²) in [6.45, 7) is 0. The van der Waals surface area contributed by atoms with E-state index >= 15 is 0 Å². The summed E-state index contributed by atoms with van der Waals surface area (Å²) < 4.78 is 80.6. The molecule has 0 spiro atoms. The van der Waals surface area contributed by atoms with E-state index in [9.17, 15) is 26.0 Å². The van der Waals surface area contributed by atoms with Crippen LogP contribution >= 0.6 is 0 Å². The Morgan fingerprint density at radius 3 is 2.47 bits per heavy atom. The summed E-state index contributed by atoms with van der Waals surface area (Å²) in [6.07, 6.45) is 0.282. The van der Waals surface area contributed by atoms with Gasteiger partial charge in [-0.05, 0) is 72.0 Å². The van der Waals surface area contributed by atoms with Crippen LogP contribution in [0.3, 0.4) is 0 Å². The molecule has 0 unspecified atom stereocenters. The van der Waals surface area contributed by atoms with Gasteiger partial charge in [-0.1, -0.05) is 30.4 Å². The fourth-order valence-electron chi connectivity index (χ4n) is 4.71. The van der Waals surface area contributed by atoms with Crippen molar-refractivity contribution in [3.05, 3.63) is 101 Å². The van der Waals surface area contributed by atoms with E-state index in [0.29, 0.717) is 0 Å². The zero-order chi connectivity index (χ0) is 24.1. The van der Waals surface area contributed by atoms with Crippen LogP contribution in [0, 0.1) is 11.7 Å². The summed E-state index contributed by atoms with van der Waals surface area (Å²) in [5.41, 5.74) is 1.40. The second-order valence-electron chi connectivity index (χ2n) is 8.46. The maximum absolute atomic E-state index is 13.4. The smallest absolute Gasteiger partial charge is 0.378 e. The molecule has 1 aliphatic heterocycles. The highest BCUT2D eigenvalue weighted by atomic mass is 32.2. The molecule has 1 aliphatic carbocycles. The maximum atomic E-state index is 13.4. The van der Waals surface area contributed by atoms with Crippen LogP contribution in [-0.2, 0) is 16.2 Å². The van der Waals surface area contributed by atoms with Gasteiger partial charge in [0.15, 0.2) is 0 Å². The van der Waals surface area contributed by atoms with Crippen LogP contribution in [0.5, 0.6) is 0 Å². The number of anilines is 2. The minimum absolute atomic E-state index is 0.0373. The molecular formula is C25H20F4N2O2S. The maximum Gasteiger partial charge on any atom is 0.416 e. The molecule has 0 bridgehead atoms.